The number of esters is 1. The number of rotatable bonds is 6. The minimum atomic E-state index is -0.429. The maximum Gasteiger partial charge on any atom is 0.315 e. The van der Waals surface area contributed by atoms with E-state index in [0.29, 0.717) is 28.6 Å². The van der Waals surface area contributed by atoms with Crippen LogP contribution in [-0.2, 0) is 16.0 Å². The highest BCUT2D eigenvalue weighted by molar-refractivity contribution is 8.18. The van der Waals surface area contributed by atoms with Crippen LogP contribution in [0.2, 0.25) is 0 Å². The Bertz CT molecular complexity index is 908. The fourth-order valence-electron chi connectivity index (χ4n) is 2.46. The first-order valence-electron chi connectivity index (χ1n) is 8.31. The third-order valence-electron chi connectivity index (χ3n) is 3.62. The summed E-state index contributed by atoms with van der Waals surface area (Å²) in [5, 5.41) is 1.80. The molecule has 1 N–H and O–H groups in total. The van der Waals surface area contributed by atoms with Crippen LogP contribution in [0.15, 0.2) is 53.4 Å². The van der Waals surface area contributed by atoms with Crippen molar-refractivity contribution in [1.82, 2.24) is 5.32 Å². The van der Waals surface area contributed by atoms with Crippen LogP contribution in [0.25, 0.3) is 6.08 Å². The standard InChI is InChI=1S/C20H17NO5S/c1-2-25-16-10-14(11-17-19(23)21-20(24)27-17)8-9-15(16)26-18(22)12-13-6-4-3-5-7-13/h3-11H,2,12H2,1H3,(H,21,23,24). The number of nitrogens with one attached hydrogen (secondary N) is 1. The van der Waals surface area contributed by atoms with Crippen molar-refractivity contribution in [3.63, 3.8) is 0 Å². The Morgan fingerprint density at radius 3 is 2.56 bits per heavy atom. The van der Waals surface area contributed by atoms with Gasteiger partial charge in [-0.05, 0) is 48.0 Å². The van der Waals surface area contributed by atoms with Gasteiger partial charge in [-0.1, -0.05) is 36.4 Å². The zero-order chi connectivity index (χ0) is 19.2. The van der Waals surface area contributed by atoms with Crippen molar-refractivity contribution in [2.75, 3.05) is 6.61 Å². The molecule has 0 unspecified atom stereocenters. The summed E-state index contributed by atoms with van der Waals surface area (Å²) in [4.78, 5) is 35.4. The van der Waals surface area contributed by atoms with Gasteiger partial charge in [-0.3, -0.25) is 19.7 Å². The predicted octanol–water partition coefficient (Wildman–Crippen LogP) is 3.56. The second kappa shape index (κ2) is 8.55. The topological polar surface area (TPSA) is 81.7 Å². The summed E-state index contributed by atoms with van der Waals surface area (Å²) in [6.45, 7) is 2.20. The molecule has 2 aromatic rings. The SMILES string of the molecule is CCOc1cc(C=C2SC(=O)NC2=O)ccc1OC(=O)Cc1ccccc1. The molecule has 0 radical (unpaired) electrons. The van der Waals surface area contributed by atoms with Crippen LogP contribution in [-0.4, -0.2) is 23.7 Å². The van der Waals surface area contributed by atoms with Crippen LogP contribution in [0.4, 0.5) is 4.79 Å². The fraction of sp³-hybridized carbons (Fsp3) is 0.150. The van der Waals surface area contributed by atoms with Gasteiger partial charge in [0.05, 0.1) is 17.9 Å². The van der Waals surface area contributed by atoms with Crippen LogP contribution < -0.4 is 14.8 Å². The number of ether oxygens (including phenoxy) is 2. The minimum absolute atomic E-state index is 0.150. The van der Waals surface area contributed by atoms with E-state index in [9.17, 15) is 14.4 Å². The Labute approximate surface area is 160 Å². The molecule has 7 heteroatoms. The molecule has 0 bridgehead atoms. The molecule has 0 aromatic heterocycles. The summed E-state index contributed by atoms with van der Waals surface area (Å²) in [6, 6.07) is 14.3. The summed E-state index contributed by atoms with van der Waals surface area (Å²) in [5.74, 6) is -0.131. The van der Waals surface area contributed by atoms with Gasteiger partial charge in [-0.25, -0.2) is 0 Å². The summed E-state index contributed by atoms with van der Waals surface area (Å²) < 4.78 is 11.0. The molecule has 0 aliphatic carbocycles. The normalized spacial score (nSPS) is 14.9. The predicted molar refractivity (Wildman–Crippen MR) is 102 cm³/mol. The molecule has 2 aromatic carbocycles. The Morgan fingerprint density at radius 1 is 1.11 bits per heavy atom. The van der Waals surface area contributed by atoms with E-state index in [-0.39, 0.29) is 6.42 Å². The highest BCUT2D eigenvalue weighted by Crippen LogP contribution is 2.32. The fourth-order valence-corrected chi connectivity index (χ4v) is 3.14. The van der Waals surface area contributed by atoms with Gasteiger partial charge in [0.2, 0.25) is 0 Å². The van der Waals surface area contributed by atoms with E-state index in [2.05, 4.69) is 5.32 Å². The van der Waals surface area contributed by atoms with Crippen molar-refractivity contribution in [2.45, 2.75) is 13.3 Å². The van der Waals surface area contributed by atoms with Gasteiger partial charge in [0.1, 0.15) is 0 Å². The maximum atomic E-state index is 12.2. The van der Waals surface area contributed by atoms with Crippen LogP contribution >= 0.6 is 11.8 Å². The van der Waals surface area contributed by atoms with Crippen molar-refractivity contribution in [2.24, 2.45) is 0 Å². The quantitative estimate of drug-likeness (QED) is 0.467. The van der Waals surface area contributed by atoms with Gasteiger partial charge < -0.3 is 9.47 Å². The zero-order valence-electron chi connectivity index (χ0n) is 14.6. The monoisotopic (exact) mass is 383 g/mol. The summed E-state index contributed by atoms with van der Waals surface area (Å²) in [5.41, 5.74) is 1.52. The Balaban J connectivity index is 1.77. The third kappa shape index (κ3) is 4.98. The van der Waals surface area contributed by atoms with Crippen LogP contribution in [0.3, 0.4) is 0 Å². The molecule has 1 aliphatic rings. The number of hydrogen-bond donors (Lipinski definition) is 1. The molecule has 0 saturated carbocycles. The molecular weight excluding hydrogens is 366 g/mol. The number of benzene rings is 2. The molecule has 0 atom stereocenters. The number of imide groups is 1. The van der Waals surface area contributed by atoms with E-state index in [4.69, 9.17) is 9.47 Å². The van der Waals surface area contributed by atoms with E-state index >= 15 is 0 Å². The van der Waals surface area contributed by atoms with Crippen LogP contribution in [0.1, 0.15) is 18.1 Å². The number of carbonyl (C=O) groups excluding carboxylic acids is 3. The van der Waals surface area contributed by atoms with E-state index in [0.717, 1.165) is 17.3 Å². The number of carbonyl (C=O) groups is 3. The second-order valence-electron chi connectivity index (χ2n) is 5.63. The van der Waals surface area contributed by atoms with E-state index in [1.54, 1.807) is 24.3 Å². The van der Waals surface area contributed by atoms with Crippen molar-refractivity contribution >= 4 is 35.0 Å². The van der Waals surface area contributed by atoms with Gasteiger partial charge in [0.25, 0.3) is 11.1 Å². The molecule has 6 nitrogen and oxygen atoms in total. The molecular formula is C20H17NO5S. The van der Waals surface area contributed by atoms with Crippen molar-refractivity contribution in [1.29, 1.82) is 0 Å². The lowest BCUT2D eigenvalue weighted by molar-refractivity contribution is -0.133. The van der Waals surface area contributed by atoms with E-state index < -0.39 is 17.1 Å². The highest BCUT2D eigenvalue weighted by atomic mass is 32.2. The average molecular weight is 383 g/mol. The second-order valence-corrected chi connectivity index (χ2v) is 6.64. The van der Waals surface area contributed by atoms with Crippen molar-refractivity contribution in [3.05, 3.63) is 64.6 Å². The third-order valence-corrected chi connectivity index (χ3v) is 4.43. The zero-order valence-corrected chi connectivity index (χ0v) is 15.4. The first-order valence-corrected chi connectivity index (χ1v) is 9.13. The van der Waals surface area contributed by atoms with Crippen LogP contribution in [0.5, 0.6) is 11.5 Å². The molecule has 3 rings (SSSR count). The Kier molecular flexibility index (Phi) is 5.93. The highest BCUT2D eigenvalue weighted by Gasteiger charge is 2.25. The molecule has 1 fully saturated rings. The maximum absolute atomic E-state index is 12.2. The first kappa shape index (κ1) is 18.7. The summed E-state index contributed by atoms with van der Waals surface area (Å²) in [7, 11) is 0. The number of amides is 2. The lowest BCUT2D eigenvalue weighted by Gasteiger charge is -2.11. The average Bonchev–Trinajstić information content (AvgIpc) is 2.95. The van der Waals surface area contributed by atoms with Crippen LogP contribution in [0, 0.1) is 0 Å². The summed E-state index contributed by atoms with van der Waals surface area (Å²) >= 11 is 0.839. The largest absolute Gasteiger partial charge is 0.490 e. The Hall–Kier alpha value is -3.06. The van der Waals surface area contributed by atoms with E-state index in [1.165, 1.54) is 0 Å². The number of thioether (sulfide) groups is 1. The molecule has 0 spiro atoms. The molecule has 1 heterocycles. The lowest BCUT2D eigenvalue weighted by Crippen LogP contribution is -2.17. The van der Waals surface area contributed by atoms with Gasteiger partial charge in [0, 0.05) is 0 Å². The summed E-state index contributed by atoms with van der Waals surface area (Å²) in [6.07, 6.45) is 1.74. The first-order chi connectivity index (χ1) is 13.0. The van der Waals surface area contributed by atoms with Gasteiger partial charge in [-0.2, -0.15) is 0 Å². The molecule has 138 valence electrons. The van der Waals surface area contributed by atoms with Gasteiger partial charge in [0.15, 0.2) is 11.5 Å². The minimum Gasteiger partial charge on any atom is -0.490 e. The van der Waals surface area contributed by atoms with Gasteiger partial charge in [-0.15, -0.1) is 0 Å². The molecule has 1 saturated heterocycles. The van der Waals surface area contributed by atoms with Gasteiger partial charge >= 0.3 is 5.97 Å². The molecule has 2 amide bonds. The lowest BCUT2D eigenvalue weighted by atomic mass is 10.1. The smallest absolute Gasteiger partial charge is 0.315 e. The Morgan fingerprint density at radius 2 is 1.89 bits per heavy atom. The van der Waals surface area contributed by atoms with E-state index in [1.807, 2.05) is 37.3 Å². The molecule has 27 heavy (non-hydrogen) atoms. The molecule has 1 aliphatic heterocycles. The van der Waals surface area contributed by atoms with Crippen molar-refractivity contribution < 1.29 is 23.9 Å². The van der Waals surface area contributed by atoms with Crippen molar-refractivity contribution in [3.8, 4) is 11.5 Å². The number of hydrogen-bond acceptors (Lipinski definition) is 6.